The van der Waals surface area contributed by atoms with Gasteiger partial charge in [0, 0.05) is 29.0 Å². The van der Waals surface area contributed by atoms with Gasteiger partial charge in [0.2, 0.25) is 0 Å². The van der Waals surface area contributed by atoms with Gasteiger partial charge in [-0.15, -0.1) is 13.2 Å². The van der Waals surface area contributed by atoms with E-state index in [2.05, 4.69) is 20.0 Å². The second kappa shape index (κ2) is 7.82. The first-order valence-corrected chi connectivity index (χ1v) is 8.86. The second-order valence-corrected chi connectivity index (χ2v) is 6.34. The van der Waals surface area contributed by atoms with Gasteiger partial charge in [0.1, 0.15) is 5.75 Å². The number of benzene rings is 2. The Hall–Kier alpha value is -3.94. The van der Waals surface area contributed by atoms with E-state index in [1.54, 1.807) is 60.9 Å². The lowest BCUT2D eigenvalue weighted by molar-refractivity contribution is -0.274. The van der Waals surface area contributed by atoms with Gasteiger partial charge in [-0.2, -0.15) is 0 Å². The summed E-state index contributed by atoms with van der Waals surface area (Å²) in [5.41, 5.74) is 2.21. The number of ether oxygens (including phenoxy) is 1. The summed E-state index contributed by atoms with van der Waals surface area (Å²) in [6, 6.07) is 17.5. The minimum Gasteiger partial charge on any atom is -0.406 e. The van der Waals surface area contributed by atoms with E-state index < -0.39 is 6.36 Å². The number of nitrogens with one attached hydrogen (secondary N) is 1. The third-order valence-electron chi connectivity index (χ3n) is 4.27. The van der Waals surface area contributed by atoms with Crippen molar-refractivity contribution < 1.29 is 22.7 Å². The van der Waals surface area contributed by atoms with Crippen LogP contribution in [0, 0.1) is 0 Å². The summed E-state index contributed by atoms with van der Waals surface area (Å²) >= 11 is 0. The normalized spacial score (nSPS) is 11.3. The number of anilines is 1. The van der Waals surface area contributed by atoms with E-state index in [0.717, 1.165) is 5.39 Å². The van der Waals surface area contributed by atoms with E-state index in [9.17, 15) is 18.0 Å². The predicted octanol–water partition coefficient (Wildman–Crippen LogP) is 5.45. The smallest absolute Gasteiger partial charge is 0.406 e. The van der Waals surface area contributed by atoms with Gasteiger partial charge in [-0.3, -0.25) is 9.78 Å². The number of rotatable bonds is 4. The predicted molar refractivity (Wildman–Crippen MR) is 106 cm³/mol. The molecule has 2 aromatic heterocycles. The van der Waals surface area contributed by atoms with E-state index in [1.807, 2.05) is 0 Å². The number of para-hydroxylation sites is 1. The summed E-state index contributed by atoms with van der Waals surface area (Å²) < 4.78 is 41.5. The average molecular weight is 409 g/mol. The van der Waals surface area contributed by atoms with Gasteiger partial charge < -0.3 is 10.1 Å². The zero-order valence-corrected chi connectivity index (χ0v) is 15.4. The summed E-state index contributed by atoms with van der Waals surface area (Å²) in [5, 5.41) is 3.51. The van der Waals surface area contributed by atoms with Crippen molar-refractivity contribution in [2.75, 3.05) is 5.32 Å². The fourth-order valence-corrected chi connectivity index (χ4v) is 2.98. The van der Waals surface area contributed by atoms with Gasteiger partial charge in [-0.1, -0.05) is 30.3 Å². The molecule has 5 nitrogen and oxygen atoms in total. The van der Waals surface area contributed by atoms with Gasteiger partial charge in [0.25, 0.3) is 5.91 Å². The highest BCUT2D eigenvalue weighted by molar-refractivity contribution is 6.12. The molecular weight excluding hydrogens is 395 g/mol. The molecule has 1 N–H and O–H groups in total. The molecule has 1 amide bonds. The highest BCUT2D eigenvalue weighted by Gasteiger charge is 2.31. The highest BCUT2D eigenvalue weighted by atomic mass is 19.4. The quantitative estimate of drug-likeness (QED) is 0.487. The lowest BCUT2D eigenvalue weighted by Crippen LogP contribution is -2.17. The zero-order chi connectivity index (χ0) is 21.1. The van der Waals surface area contributed by atoms with Crippen molar-refractivity contribution >= 4 is 22.5 Å². The van der Waals surface area contributed by atoms with E-state index in [-0.39, 0.29) is 11.7 Å². The molecule has 0 atom stereocenters. The van der Waals surface area contributed by atoms with Gasteiger partial charge in [-0.05, 0) is 36.4 Å². The molecule has 2 aromatic carbocycles. The van der Waals surface area contributed by atoms with Crippen molar-refractivity contribution in [3.63, 3.8) is 0 Å². The van der Waals surface area contributed by atoms with Crippen LogP contribution in [0.15, 0.2) is 79.1 Å². The molecule has 30 heavy (non-hydrogen) atoms. The molecule has 0 saturated heterocycles. The number of alkyl halides is 3. The number of hydrogen-bond donors (Lipinski definition) is 1. The Labute approximate surface area is 169 Å². The number of amides is 1. The van der Waals surface area contributed by atoms with Crippen LogP contribution in [-0.2, 0) is 0 Å². The van der Waals surface area contributed by atoms with E-state index in [0.29, 0.717) is 28.0 Å². The summed E-state index contributed by atoms with van der Waals surface area (Å²) in [6.07, 6.45) is -1.66. The Morgan fingerprint density at radius 2 is 1.70 bits per heavy atom. The van der Waals surface area contributed by atoms with Gasteiger partial charge >= 0.3 is 6.36 Å². The number of halogens is 3. The van der Waals surface area contributed by atoms with Gasteiger partial charge in [-0.25, -0.2) is 4.98 Å². The summed E-state index contributed by atoms with van der Waals surface area (Å²) in [5.74, 6) is -0.698. The minimum absolute atomic E-state index is 0.342. The molecule has 4 rings (SSSR count). The molecular formula is C22H14F3N3O2. The van der Waals surface area contributed by atoms with E-state index in [4.69, 9.17) is 0 Å². The maximum absolute atomic E-state index is 12.8. The Bertz CT molecular complexity index is 1210. The molecule has 0 aliphatic heterocycles. The summed E-state index contributed by atoms with van der Waals surface area (Å²) in [4.78, 5) is 21.2. The van der Waals surface area contributed by atoms with E-state index >= 15 is 0 Å². The maximum Gasteiger partial charge on any atom is 0.573 e. The number of pyridine rings is 2. The van der Waals surface area contributed by atoms with E-state index in [1.165, 1.54) is 18.2 Å². The number of carbonyl (C=O) groups is 1. The van der Waals surface area contributed by atoms with Crippen molar-refractivity contribution in [2.45, 2.75) is 6.36 Å². The number of nitrogens with zero attached hydrogens (tertiary/aromatic N) is 2. The molecule has 0 saturated carbocycles. The van der Waals surface area contributed by atoms with Crippen LogP contribution < -0.4 is 10.1 Å². The van der Waals surface area contributed by atoms with Crippen molar-refractivity contribution in [3.05, 3.63) is 84.7 Å². The van der Waals surface area contributed by atoms with Crippen molar-refractivity contribution in [2.24, 2.45) is 0 Å². The third kappa shape index (κ3) is 4.38. The first-order chi connectivity index (χ1) is 14.4. The van der Waals surface area contributed by atoms with Gasteiger partial charge in [0.05, 0.1) is 16.8 Å². The van der Waals surface area contributed by atoms with Crippen LogP contribution in [0.3, 0.4) is 0 Å². The largest absolute Gasteiger partial charge is 0.573 e. The average Bonchev–Trinajstić information content (AvgIpc) is 2.72. The Balaban J connectivity index is 1.71. The topological polar surface area (TPSA) is 64.1 Å². The highest BCUT2D eigenvalue weighted by Crippen LogP contribution is 2.29. The molecule has 0 radical (unpaired) electrons. The SMILES string of the molecule is O=C(Nc1ccncc1)c1cccc2ccc(-c3cccc(OC(F)(F)F)c3)nc12. The third-order valence-corrected chi connectivity index (χ3v) is 4.27. The number of hydrogen-bond acceptors (Lipinski definition) is 4. The van der Waals surface area contributed by atoms with Crippen LogP contribution in [0.2, 0.25) is 0 Å². The van der Waals surface area contributed by atoms with Gasteiger partial charge in [0.15, 0.2) is 0 Å². The van der Waals surface area contributed by atoms with Crippen LogP contribution >= 0.6 is 0 Å². The number of carbonyl (C=O) groups excluding carboxylic acids is 1. The fourth-order valence-electron chi connectivity index (χ4n) is 2.98. The minimum atomic E-state index is -4.78. The number of aromatic nitrogens is 2. The van der Waals surface area contributed by atoms with Crippen LogP contribution in [0.25, 0.3) is 22.2 Å². The molecule has 0 unspecified atom stereocenters. The second-order valence-electron chi connectivity index (χ2n) is 6.34. The molecule has 0 bridgehead atoms. The van der Waals surface area contributed by atoms with Crippen molar-refractivity contribution in [3.8, 4) is 17.0 Å². The molecule has 0 spiro atoms. The van der Waals surface area contributed by atoms with Crippen molar-refractivity contribution in [1.29, 1.82) is 0 Å². The maximum atomic E-state index is 12.8. The monoisotopic (exact) mass is 409 g/mol. The molecule has 2 heterocycles. The van der Waals surface area contributed by atoms with Crippen LogP contribution in [-0.4, -0.2) is 22.2 Å². The molecule has 0 aliphatic carbocycles. The number of fused-ring (bicyclic) bond motifs is 1. The van der Waals surface area contributed by atoms with Crippen molar-refractivity contribution in [1.82, 2.24) is 9.97 Å². The Morgan fingerprint density at radius 1 is 0.933 bits per heavy atom. The molecule has 8 heteroatoms. The van der Waals surface area contributed by atoms with Crippen LogP contribution in [0.5, 0.6) is 5.75 Å². The standard InChI is InChI=1S/C22H14F3N3O2/c23-22(24,25)30-17-5-1-4-15(13-17)19-8-7-14-3-2-6-18(20(14)28-19)21(29)27-16-9-11-26-12-10-16/h1-13H,(H,26,27,29). The molecule has 4 aromatic rings. The van der Waals surface area contributed by atoms with Crippen LogP contribution in [0.4, 0.5) is 18.9 Å². The van der Waals surface area contributed by atoms with Crippen LogP contribution in [0.1, 0.15) is 10.4 Å². The molecule has 0 aliphatic rings. The first-order valence-electron chi connectivity index (χ1n) is 8.86. The fraction of sp³-hybridized carbons (Fsp3) is 0.0455. The lowest BCUT2D eigenvalue weighted by Gasteiger charge is -2.11. The molecule has 0 fully saturated rings. The Kier molecular flexibility index (Phi) is 5.05. The summed E-state index contributed by atoms with van der Waals surface area (Å²) in [6.45, 7) is 0. The summed E-state index contributed by atoms with van der Waals surface area (Å²) in [7, 11) is 0. The Morgan fingerprint density at radius 3 is 2.47 bits per heavy atom. The zero-order valence-electron chi connectivity index (χ0n) is 15.4. The molecule has 150 valence electrons. The first kappa shape index (κ1) is 19.4. The lowest BCUT2D eigenvalue weighted by atomic mass is 10.1.